The molecule has 0 bridgehead atoms. The van der Waals surface area contributed by atoms with Gasteiger partial charge in [0.15, 0.2) is 0 Å². The Bertz CT molecular complexity index is 131. The highest BCUT2D eigenvalue weighted by molar-refractivity contribution is 5.71. The summed E-state index contributed by atoms with van der Waals surface area (Å²) in [6.07, 6.45) is 4.56. The van der Waals surface area contributed by atoms with Crippen molar-refractivity contribution < 1.29 is 9.53 Å². The average molecular weight is 187 g/mol. The Balaban J connectivity index is 3.61. The van der Waals surface area contributed by atoms with Crippen molar-refractivity contribution >= 4 is 5.97 Å². The van der Waals surface area contributed by atoms with Crippen molar-refractivity contribution in [3.05, 3.63) is 0 Å². The number of hydrogen-bond acceptors (Lipinski definition) is 3. The quantitative estimate of drug-likeness (QED) is 0.617. The van der Waals surface area contributed by atoms with Crippen molar-refractivity contribution in [3.63, 3.8) is 0 Å². The summed E-state index contributed by atoms with van der Waals surface area (Å²) in [5.41, 5.74) is 0. The first-order valence-corrected chi connectivity index (χ1v) is 5.04. The summed E-state index contributed by atoms with van der Waals surface area (Å²) in [7, 11) is 1.42. The molecule has 0 saturated carbocycles. The van der Waals surface area contributed by atoms with Gasteiger partial charge in [0.2, 0.25) is 0 Å². The number of hydrogen-bond donors (Lipinski definition) is 1. The molecule has 1 N–H and O–H groups in total. The van der Waals surface area contributed by atoms with Crippen molar-refractivity contribution in [1.82, 2.24) is 5.32 Å². The third kappa shape index (κ3) is 6.58. The smallest absolute Gasteiger partial charge is 0.319 e. The van der Waals surface area contributed by atoms with Gasteiger partial charge in [0.1, 0.15) is 0 Å². The number of rotatable bonds is 7. The number of carbonyl (C=O) groups excluding carboxylic acids is 1. The van der Waals surface area contributed by atoms with Gasteiger partial charge in [0.25, 0.3) is 0 Å². The summed E-state index contributed by atoms with van der Waals surface area (Å²) in [5, 5.41) is 3.20. The zero-order chi connectivity index (χ0) is 10.1. The maximum absolute atomic E-state index is 10.8. The molecule has 78 valence electrons. The van der Waals surface area contributed by atoms with Crippen molar-refractivity contribution in [2.75, 3.05) is 13.7 Å². The third-order valence-electron chi connectivity index (χ3n) is 2.04. The Morgan fingerprint density at radius 1 is 1.31 bits per heavy atom. The second-order valence-corrected chi connectivity index (χ2v) is 3.23. The molecule has 0 aromatic carbocycles. The second kappa shape index (κ2) is 8.05. The highest BCUT2D eigenvalue weighted by atomic mass is 16.5. The van der Waals surface area contributed by atoms with Gasteiger partial charge in [-0.05, 0) is 12.8 Å². The molecule has 13 heavy (non-hydrogen) atoms. The van der Waals surface area contributed by atoms with Crippen LogP contribution in [0.1, 0.15) is 39.5 Å². The lowest BCUT2D eigenvalue weighted by Gasteiger charge is -2.15. The molecule has 0 heterocycles. The van der Waals surface area contributed by atoms with Crippen LogP contribution >= 0.6 is 0 Å². The van der Waals surface area contributed by atoms with Crippen LogP contribution in [0.3, 0.4) is 0 Å². The molecule has 0 spiro atoms. The van der Waals surface area contributed by atoms with Crippen LogP contribution in [0, 0.1) is 0 Å². The van der Waals surface area contributed by atoms with Crippen LogP contribution in [-0.4, -0.2) is 25.7 Å². The summed E-state index contributed by atoms with van der Waals surface area (Å²) in [5.74, 6) is -0.183. The first-order valence-electron chi connectivity index (χ1n) is 5.04. The van der Waals surface area contributed by atoms with E-state index in [9.17, 15) is 4.79 Å². The van der Waals surface area contributed by atoms with E-state index < -0.39 is 0 Å². The van der Waals surface area contributed by atoms with Gasteiger partial charge in [-0.25, -0.2) is 0 Å². The Kier molecular flexibility index (Phi) is 7.69. The SMILES string of the molecule is CCCC(CCC)NCC(=O)OC. The lowest BCUT2D eigenvalue weighted by molar-refractivity contribution is -0.139. The van der Waals surface area contributed by atoms with Gasteiger partial charge in [-0.1, -0.05) is 26.7 Å². The molecule has 0 unspecified atom stereocenters. The van der Waals surface area contributed by atoms with Crippen molar-refractivity contribution in [1.29, 1.82) is 0 Å². The van der Waals surface area contributed by atoms with Crippen LogP contribution in [0.2, 0.25) is 0 Å². The monoisotopic (exact) mass is 187 g/mol. The summed E-state index contributed by atoms with van der Waals surface area (Å²) < 4.78 is 4.56. The van der Waals surface area contributed by atoms with Crippen molar-refractivity contribution in [2.24, 2.45) is 0 Å². The van der Waals surface area contributed by atoms with E-state index in [1.807, 2.05) is 0 Å². The number of methoxy groups -OCH3 is 1. The maximum atomic E-state index is 10.8. The second-order valence-electron chi connectivity index (χ2n) is 3.23. The Labute approximate surface area is 80.8 Å². The average Bonchev–Trinajstić information content (AvgIpc) is 2.14. The van der Waals surface area contributed by atoms with Gasteiger partial charge in [-0.15, -0.1) is 0 Å². The van der Waals surface area contributed by atoms with Crippen LogP contribution in [0.4, 0.5) is 0 Å². The van der Waals surface area contributed by atoms with Crippen LogP contribution in [0.15, 0.2) is 0 Å². The lowest BCUT2D eigenvalue weighted by Crippen LogP contribution is -2.34. The molecule has 0 atom stereocenters. The largest absolute Gasteiger partial charge is 0.468 e. The molecular formula is C10H21NO2. The normalized spacial score (nSPS) is 10.5. The minimum absolute atomic E-state index is 0.183. The van der Waals surface area contributed by atoms with Crippen LogP contribution < -0.4 is 5.32 Å². The van der Waals surface area contributed by atoms with E-state index in [4.69, 9.17) is 0 Å². The van der Waals surface area contributed by atoms with E-state index in [0.717, 1.165) is 25.7 Å². The Morgan fingerprint density at radius 2 is 1.85 bits per heavy atom. The minimum Gasteiger partial charge on any atom is -0.468 e. The van der Waals surface area contributed by atoms with Crippen LogP contribution in [0.25, 0.3) is 0 Å². The van der Waals surface area contributed by atoms with Crippen molar-refractivity contribution in [3.8, 4) is 0 Å². The van der Waals surface area contributed by atoms with Crippen LogP contribution in [-0.2, 0) is 9.53 Å². The summed E-state index contributed by atoms with van der Waals surface area (Å²) in [6, 6.07) is 0.467. The van der Waals surface area contributed by atoms with E-state index >= 15 is 0 Å². The molecule has 0 radical (unpaired) electrons. The molecule has 0 aliphatic rings. The molecule has 0 aromatic rings. The van der Waals surface area contributed by atoms with E-state index in [0.29, 0.717) is 12.6 Å². The summed E-state index contributed by atoms with van der Waals surface area (Å²) in [6.45, 7) is 4.64. The van der Waals surface area contributed by atoms with Gasteiger partial charge in [0, 0.05) is 6.04 Å². The molecule has 3 heteroatoms. The highest BCUT2D eigenvalue weighted by Gasteiger charge is 2.07. The molecule has 3 nitrogen and oxygen atoms in total. The predicted molar refractivity (Wildman–Crippen MR) is 53.6 cm³/mol. The minimum atomic E-state index is -0.183. The fourth-order valence-corrected chi connectivity index (χ4v) is 1.35. The molecule has 0 aromatic heterocycles. The molecule has 0 amide bonds. The standard InChI is InChI=1S/C10H21NO2/c1-4-6-9(7-5-2)11-8-10(12)13-3/h9,11H,4-8H2,1-3H3. The molecule has 0 aliphatic carbocycles. The van der Waals surface area contributed by atoms with E-state index in [1.54, 1.807) is 0 Å². The molecule has 0 aliphatic heterocycles. The molecule has 0 saturated heterocycles. The van der Waals surface area contributed by atoms with E-state index in [-0.39, 0.29) is 5.97 Å². The first kappa shape index (κ1) is 12.4. The molecular weight excluding hydrogens is 166 g/mol. The van der Waals surface area contributed by atoms with E-state index in [2.05, 4.69) is 23.9 Å². The number of nitrogens with one attached hydrogen (secondary N) is 1. The van der Waals surface area contributed by atoms with Gasteiger partial charge in [-0.3, -0.25) is 4.79 Å². The topological polar surface area (TPSA) is 38.3 Å². The predicted octanol–water partition coefficient (Wildman–Crippen LogP) is 1.72. The number of carbonyl (C=O) groups is 1. The lowest BCUT2D eigenvalue weighted by atomic mass is 10.1. The first-order chi connectivity index (χ1) is 6.24. The highest BCUT2D eigenvalue weighted by Crippen LogP contribution is 2.03. The van der Waals surface area contributed by atoms with Crippen molar-refractivity contribution in [2.45, 2.75) is 45.6 Å². The van der Waals surface area contributed by atoms with E-state index in [1.165, 1.54) is 7.11 Å². The molecule has 0 rings (SSSR count). The van der Waals surface area contributed by atoms with Crippen LogP contribution in [0.5, 0.6) is 0 Å². The Morgan fingerprint density at radius 3 is 2.23 bits per heavy atom. The van der Waals surface area contributed by atoms with Gasteiger partial charge in [-0.2, -0.15) is 0 Å². The zero-order valence-corrected chi connectivity index (χ0v) is 8.93. The van der Waals surface area contributed by atoms with Gasteiger partial charge >= 0.3 is 5.97 Å². The Hall–Kier alpha value is -0.570. The summed E-state index contributed by atoms with van der Waals surface area (Å²) >= 11 is 0. The maximum Gasteiger partial charge on any atom is 0.319 e. The van der Waals surface area contributed by atoms with Gasteiger partial charge in [0.05, 0.1) is 13.7 Å². The number of ether oxygens (including phenoxy) is 1. The fraction of sp³-hybridized carbons (Fsp3) is 0.900. The molecule has 0 fully saturated rings. The number of esters is 1. The zero-order valence-electron chi connectivity index (χ0n) is 8.93. The van der Waals surface area contributed by atoms with Gasteiger partial charge < -0.3 is 10.1 Å². The fourth-order valence-electron chi connectivity index (χ4n) is 1.35. The summed E-state index contributed by atoms with van der Waals surface area (Å²) in [4.78, 5) is 10.8. The third-order valence-corrected chi connectivity index (χ3v) is 2.04.